The summed E-state index contributed by atoms with van der Waals surface area (Å²) in [6.45, 7) is 2.06. The Kier molecular flexibility index (Phi) is 6.55. The summed E-state index contributed by atoms with van der Waals surface area (Å²) in [5.74, 6) is 0.343. The van der Waals surface area contributed by atoms with Crippen LogP contribution in [-0.2, 0) is 14.3 Å². The Bertz CT molecular complexity index is 1060. The summed E-state index contributed by atoms with van der Waals surface area (Å²) in [5.41, 5.74) is 4.39. The van der Waals surface area contributed by atoms with E-state index in [4.69, 9.17) is 25.8 Å². The van der Waals surface area contributed by atoms with E-state index in [1.54, 1.807) is 32.1 Å². The highest BCUT2D eigenvalue weighted by atomic mass is 35.5. The van der Waals surface area contributed by atoms with Gasteiger partial charge in [-0.1, -0.05) is 29.8 Å². The van der Waals surface area contributed by atoms with E-state index in [0.717, 1.165) is 27.8 Å². The van der Waals surface area contributed by atoms with Gasteiger partial charge in [-0.05, 0) is 59.5 Å². The van der Waals surface area contributed by atoms with Gasteiger partial charge in [-0.2, -0.15) is 0 Å². The van der Waals surface area contributed by atoms with Gasteiger partial charge < -0.3 is 24.2 Å². The molecule has 0 saturated heterocycles. The number of likely N-dealkylation sites (N-methyl/N-ethyl adjacent to an activating group) is 1. The van der Waals surface area contributed by atoms with Crippen molar-refractivity contribution in [2.24, 2.45) is 0 Å². The van der Waals surface area contributed by atoms with Gasteiger partial charge in [-0.15, -0.1) is 0 Å². The number of methoxy groups -OCH3 is 1. The molecule has 168 valence electrons. The Morgan fingerprint density at radius 1 is 1.22 bits per heavy atom. The molecule has 2 aliphatic rings. The van der Waals surface area contributed by atoms with Crippen LogP contribution in [0.1, 0.15) is 36.1 Å². The zero-order valence-electron chi connectivity index (χ0n) is 18.2. The van der Waals surface area contributed by atoms with Gasteiger partial charge in [-0.25, -0.2) is 0 Å². The van der Waals surface area contributed by atoms with Crippen molar-refractivity contribution in [1.82, 2.24) is 4.90 Å². The number of benzene rings is 2. The first-order valence-corrected chi connectivity index (χ1v) is 10.9. The molecule has 6 nitrogen and oxygen atoms in total. The average molecular weight is 456 g/mol. The fraction of sp³-hybridized carbons (Fsp3) is 0.320. The minimum Gasteiger partial charge on any atom is -0.497 e. The third kappa shape index (κ3) is 4.39. The molecule has 0 amide bonds. The molecule has 32 heavy (non-hydrogen) atoms. The van der Waals surface area contributed by atoms with Crippen molar-refractivity contribution in [1.29, 1.82) is 0 Å². The Balaban J connectivity index is 1.90. The van der Waals surface area contributed by atoms with Crippen molar-refractivity contribution in [3.63, 3.8) is 0 Å². The van der Waals surface area contributed by atoms with Crippen LogP contribution in [0.15, 0.2) is 60.3 Å². The van der Waals surface area contributed by atoms with E-state index < -0.39 is 18.4 Å². The summed E-state index contributed by atoms with van der Waals surface area (Å²) in [4.78, 5) is 14.2. The molecule has 2 aromatic rings. The van der Waals surface area contributed by atoms with Crippen molar-refractivity contribution in [2.45, 2.75) is 31.8 Å². The Hall–Kier alpha value is -2.80. The summed E-state index contributed by atoms with van der Waals surface area (Å²) in [7, 11) is 3.42. The molecule has 0 bridgehead atoms. The van der Waals surface area contributed by atoms with Crippen molar-refractivity contribution >= 4 is 23.1 Å². The van der Waals surface area contributed by atoms with Crippen LogP contribution in [0.3, 0.4) is 0 Å². The predicted octanol–water partition coefficient (Wildman–Crippen LogP) is 4.32. The van der Waals surface area contributed by atoms with E-state index >= 15 is 0 Å². The molecule has 0 aromatic heterocycles. The van der Waals surface area contributed by atoms with Gasteiger partial charge in [0.25, 0.3) is 0 Å². The number of rotatable bonds is 5. The average Bonchev–Trinajstić information content (AvgIpc) is 2.90. The van der Waals surface area contributed by atoms with Gasteiger partial charge in [0, 0.05) is 23.8 Å². The van der Waals surface area contributed by atoms with E-state index in [-0.39, 0.29) is 19.0 Å². The number of hydrogen-bond acceptors (Lipinski definition) is 6. The van der Waals surface area contributed by atoms with E-state index in [1.807, 2.05) is 48.7 Å². The van der Waals surface area contributed by atoms with Crippen LogP contribution >= 0.6 is 11.6 Å². The summed E-state index contributed by atoms with van der Waals surface area (Å²) >= 11 is 6.12. The number of fused-ring (bicyclic) bond motifs is 3. The minimum atomic E-state index is -0.823. The first-order valence-electron chi connectivity index (χ1n) is 10.5. The molecule has 4 rings (SSSR count). The van der Waals surface area contributed by atoms with Crippen molar-refractivity contribution < 1.29 is 24.1 Å². The molecule has 2 aliphatic heterocycles. The minimum absolute atomic E-state index is 0.0304. The summed E-state index contributed by atoms with van der Waals surface area (Å²) < 4.78 is 17.3. The molecule has 7 heteroatoms. The number of esters is 1. The lowest BCUT2D eigenvalue weighted by Crippen LogP contribution is -2.32. The second kappa shape index (κ2) is 9.36. The summed E-state index contributed by atoms with van der Waals surface area (Å²) in [6, 6.07) is 13.3. The number of aliphatic hydroxyl groups is 1. The van der Waals surface area contributed by atoms with Crippen LogP contribution in [0.4, 0.5) is 0 Å². The lowest BCUT2D eigenvalue weighted by atomic mass is 9.87. The quantitative estimate of drug-likeness (QED) is 0.677. The number of ether oxygens (including phenoxy) is 3. The lowest BCUT2D eigenvalue weighted by Gasteiger charge is -2.30. The van der Waals surface area contributed by atoms with Crippen LogP contribution in [0, 0.1) is 0 Å². The van der Waals surface area contributed by atoms with Gasteiger partial charge in [0.05, 0.1) is 26.2 Å². The number of halogens is 1. The SMILES string of the molecule is CCOC(=O)CC1OC(c2ccc(Cl)cc2)c2cc(OC)ccc2C2=CN(C)[C@@H](O)C=C21. The van der Waals surface area contributed by atoms with Crippen LogP contribution < -0.4 is 4.74 Å². The molecule has 0 saturated carbocycles. The Labute approximate surface area is 192 Å². The first kappa shape index (κ1) is 22.4. The molecule has 0 fully saturated rings. The maximum Gasteiger partial charge on any atom is 0.308 e. The zero-order valence-corrected chi connectivity index (χ0v) is 19.0. The van der Waals surface area contributed by atoms with Crippen molar-refractivity contribution in [3.8, 4) is 5.75 Å². The highest BCUT2D eigenvalue weighted by molar-refractivity contribution is 6.30. The molecule has 3 atom stereocenters. The van der Waals surface area contributed by atoms with Crippen molar-refractivity contribution in [3.05, 3.63) is 82.0 Å². The van der Waals surface area contributed by atoms with Gasteiger partial charge in [0.1, 0.15) is 18.1 Å². The van der Waals surface area contributed by atoms with Crippen LogP contribution in [0.25, 0.3) is 5.57 Å². The van der Waals surface area contributed by atoms with Gasteiger partial charge in [-0.3, -0.25) is 4.79 Å². The van der Waals surface area contributed by atoms with Gasteiger partial charge in [0.15, 0.2) is 0 Å². The predicted molar refractivity (Wildman–Crippen MR) is 122 cm³/mol. The highest BCUT2D eigenvalue weighted by Crippen LogP contribution is 2.45. The number of nitrogens with zero attached hydrogens (tertiary/aromatic N) is 1. The second-order valence-electron chi connectivity index (χ2n) is 7.76. The molecular weight excluding hydrogens is 430 g/mol. The zero-order chi connectivity index (χ0) is 22.8. The third-order valence-electron chi connectivity index (χ3n) is 5.70. The Morgan fingerprint density at radius 3 is 2.66 bits per heavy atom. The van der Waals surface area contributed by atoms with Crippen molar-refractivity contribution in [2.75, 3.05) is 20.8 Å². The van der Waals surface area contributed by atoms with Crippen LogP contribution in [-0.4, -0.2) is 49.1 Å². The summed E-state index contributed by atoms with van der Waals surface area (Å²) in [5, 5.41) is 11.1. The lowest BCUT2D eigenvalue weighted by molar-refractivity contribution is -0.146. The molecule has 2 heterocycles. The largest absolute Gasteiger partial charge is 0.497 e. The molecule has 0 spiro atoms. The second-order valence-corrected chi connectivity index (χ2v) is 8.20. The standard InChI is InChI=1S/C25H26ClNO5/c1-4-31-24(29)13-22-19-12-23(28)27(2)14-21(19)18-10-9-17(30-3)11-20(18)25(32-22)15-5-7-16(26)8-6-15/h5-12,14,22-23,25,28H,4,13H2,1-3H3/t22?,23-,25?/m0/s1. The molecule has 1 N–H and O–H groups in total. The van der Waals surface area contributed by atoms with E-state index in [9.17, 15) is 9.90 Å². The molecule has 0 radical (unpaired) electrons. The smallest absolute Gasteiger partial charge is 0.308 e. The van der Waals surface area contributed by atoms with E-state index in [0.29, 0.717) is 10.8 Å². The van der Waals surface area contributed by atoms with Gasteiger partial charge in [0.2, 0.25) is 0 Å². The normalized spacial score (nSPS) is 22.2. The topological polar surface area (TPSA) is 68.2 Å². The monoisotopic (exact) mass is 455 g/mol. The molecular formula is C25H26ClNO5. The first-order chi connectivity index (χ1) is 15.4. The molecule has 0 aliphatic carbocycles. The number of carbonyl (C=O) groups is 1. The molecule has 2 aromatic carbocycles. The number of carbonyl (C=O) groups excluding carboxylic acids is 1. The van der Waals surface area contributed by atoms with E-state index in [2.05, 4.69) is 0 Å². The number of aliphatic hydroxyl groups excluding tert-OH is 1. The number of hydrogen-bond donors (Lipinski definition) is 1. The van der Waals surface area contributed by atoms with Gasteiger partial charge >= 0.3 is 5.97 Å². The fourth-order valence-corrected chi connectivity index (χ4v) is 4.22. The summed E-state index contributed by atoms with van der Waals surface area (Å²) in [6.07, 6.45) is 1.74. The fourth-order valence-electron chi connectivity index (χ4n) is 4.09. The maximum absolute atomic E-state index is 12.4. The maximum atomic E-state index is 12.4. The highest BCUT2D eigenvalue weighted by Gasteiger charge is 2.36. The van der Waals surface area contributed by atoms with Crippen LogP contribution in [0.2, 0.25) is 5.02 Å². The van der Waals surface area contributed by atoms with Crippen LogP contribution in [0.5, 0.6) is 5.75 Å². The Morgan fingerprint density at radius 2 is 1.97 bits per heavy atom. The van der Waals surface area contributed by atoms with E-state index in [1.165, 1.54) is 0 Å². The third-order valence-corrected chi connectivity index (χ3v) is 5.95. The molecule has 2 unspecified atom stereocenters.